The van der Waals surface area contributed by atoms with E-state index in [-0.39, 0.29) is 39.6 Å². The van der Waals surface area contributed by atoms with Crippen molar-refractivity contribution in [3.63, 3.8) is 0 Å². The van der Waals surface area contributed by atoms with Gasteiger partial charge < -0.3 is 24.9 Å². The van der Waals surface area contributed by atoms with E-state index in [1.165, 1.54) is 17.7 Å². The Bertz CT molecular complexity index is 1740. The summed E-state index contributed by atoms with van der Waals surface area (Å²) in [6.07, 6.45) is 7.04. The van der Waals surface area contributed by atoms with Gasteiger partial charge in [0, 0.05) is 34.3 Å². The summed E-state index contributed by atoms with van der Waals surface area (Å²) in [7, 11) is -5.75. The lowest BCUT2D eigenvalue weighted by Gasteiger charge is -2.37. The zero-order valence-electron chi connectivity index (χ0n) is 25.1. The molecule has 7 rings (SSSR count). The Morgan fingerprint density at radius 1 is 1.00 bits per heavy atom. The summed E-state index contributed by atoms with van der Waals surface area (Å²) in [5, 5.41) is 3.10. The third kappa shape index (κ3) is 5.47. The van der Waals surface area contributed by atoms with Gasteiger partial charge in [0.15, 0.2) is 0 Å². The Kier molecular flexibility index (Phi) is 7.86. The van der Waals surface area contributed by atoms with E-state index >= 15 is 0 Å². The largest absolute Gasteiger partial charge is 0.399 e. The van der Waals surface area contributed by atoms with Crippen LogP contribution in [0.3, 0.4) is 0 Å². The molecule has 2 aromatic carbocycles. The number of carbonyl (C=O) groups excluding carboxylic acids is 3. The Morgan fingerprint density at radius 3 is 2.46 bits per heavy atom. The molecule has 3 saturated heterocycles. The molecular weight excluding hydrogens is 635 g/mol. The Morgan fingerprint density at radius 2 is 1.74 bits per heavy atom. The van der Waals surface area contributed by atoms with Crippen molar-refractivity contribution in [3.8, 4) is 0 Å². The molecule has 4 heterocycles. The van der Waals surface area contributed by atoms with Crippen molar-refractivity contribution >= 4 is 46.7 Å². The summed E-state index contributed by atoms with van der Waals surface area (Å²) in [5.41, 5.74) is -4.12. The molecule has 9 nitrogen and oxygen atoms in total. The minimum absolute atomic E-state index is 0.00449. The second-order valence-corrected chi connectivity index (χ2v) is 16.0. The van der Waals surface area contributed by atoms with Gasteiger partial charge in [-0.05, 0) is 74.1 Å². The molecule has 3 aliphatic heterocycles. The van der Waals surface area contributed by atoms with E-state index in [2.05, 4.69) is 17.4 Å². The number of carbonyl (C=O) groups is 3. The van der Waals surface area contributed by atoms with Gasteiger partial charge in [-0.2, -0.15) is 8.78 Å². The van der Waals surface area contributed by atoms with Crippen LogP contribution in [0.2, 0.25) is 0 Å². The second kappa shape index (κ2) is 11.5. The maximum absolute atomic E-state index is 14.3. The van der Waals surface area contributed by atoms with Crippen LogP contribution in [0.25, 0.3) is 10.1 Å². The first-order valence-corrected chi connectivity index (χ1v) is 18.3. The van der Waals surface area contributed by atoms with E-state index in [1.54, 1.807) is 4.90 Å². The number of halogens is 2. The van der Waals surface area contributed by atoms with E-state index in [1.807, 2.05) is 23.1 Å². The minimum Gasteiger partial charge on any atom is -0.340 e. The fourth-order valence-electron chi connectivity index (χ4n) is 7.77. The van der Waals surface area contributed by atoms with Crippen molar-refractivity contribution in [2.24, 2.45) is 0 Å². The highest BCUT2D eigenvalue weighted by molar-refractivity contribution is 7.52. The lowest BCUT2D eigenvalue weighted by atomic mass is 9.96. The first-order chi connectivity index (χ1) is 21.9. The molecule has 1 unspecified atom stereocenters. The lowest BCUT2D eigenvalue weighted by molar-refractivity contribution is -0.148. The number of fused-ring (bicyclic) bond motifs is 2. The molecule has 46 heavy (non-hydrogen) atoms. The monoisotopic (exact) mass is 671 g/mol. The van der Waals surface area contributed by atoms with Crippen LogP contribution in [0.15, 0.2) is 54.6 Å². The third-order valence-electron chi connectivity index (χ3n) is 10.3. The molecule has 3 N–H and O–H groups in total. The summed E-state index contributed by atoms with van der Waals surface area (Å²) in [5.74, 6) is -0.531. The van der Waals surface area contributed by atoms with E-state index in [0.717, 1.165) is 68.4 Å². The number of hydrogen-bond donors (Lipinski definition) is 3. The predicted molar refractivity (Wildman–Crippen MR) is 169 cm³/mol. The van der Waals surface area contributed by atoms with Gasteiger partial charge in [-0.1, -0.05) is 49.2 Å². The SMILES string of the molecule is O=C(NC1CCCC[C@H]2CC[C@@H](C(=O)N3C[C@H](c4ccccc4)CC34CC4)N2C1=O)c1cc2cc(C(F)(F)P(=O)(O)O)ccc2s1. The van der Waals surface area contributed by atoms with E-state index in [9.17, 15) is 27.7 Å². The Labute approximate surface area is 269 Å². The van der Waals surface area contributed by atoms with Crippen LogP contribution in [0.4, 0.5) is 8.78 Å². The topological polar surface area (TPSA) is 127 Å². The van der Waals surface area contributed by atoms with Gasteiger partial charge in [0.2, 0.25) is 11.8 Å². The van der Waals surface area contributed by atoms with Crippen molar-refractivity contribution in [1.29, 1.82) is 0 Å². The van der Waals surface area contributed by atoms with Gasteiger partial charge >= 0.3 is 13.3 Å². The quantitative estimate of drug-likeness (QED) is 0.288. The fraction of sp³-hybridized carbons (Fsp3) is 0.485. The molecule has 4 fully saturated rings. The molecule has 1 saturated carbocycles. The second-order valence-electron chi connectivity index (χ2n) is 13.2. The smallest absolute Gasteiger partial charge is 0.340 e. The molecule has 1 aromatic heterocycles. The first kappa shape index (κ1) is 31.4. The van der Waals surface area contributed by atoms with Crippen LogP contribution < -0.4 is 5.32 Å². The number of hydrogen-bond acceptors (Lipinski definition) is 5. The number of nitrogens with one attached hydrogen (secondary N) is 1. The van der Waals surface area contributed by atoms with Crippen LogP contribution in [-0.4, -0.2) is 67.5 Å². The molecule has 4 atom stereocenters. The van der Waals surface area contributed by atoms with Crippen molar-refractivity contribution in [3.05, 3.63) is 70.6 Å². The summed E-state index contributed by atoms with van der Waals surface area (Å²) in [4.78, 5) is 64.0. The predicted octanol–water partition coefficient (Wildman–Crippen LogP) is 5.71. The molecule has 244 valence electrons. The number of alkyl halides is 2. The van der Waals surface area contributed by atoms with Crippen molar-refractivity contribution in [2.75, 3.05) is 6.54 Å². The van der Waals surface area contributed by atoms with Gasteiger partial charge in [-0.3, -0.25) is 18.9 Å². The minimum atomic E-state index is -5.75. The standard InChI is InChI=1S/C33H36F2N3O6PS/c34-33(35,45(42,43)44)23-10-13-27-21(16-23)17-28(46-27)29(39)36-25-9-5-4-8-24-11-12-26(38(24)30(25)40)31(41)37-19-22(18-32(37)14-15-32)20-6-2-1-3-7-20/h1-3,6-7,10,13,16-17,22,24-26H,4-5,8-9,11-12,14-15,18-19H2,(H,36,39)(H2,42,43,44)/t22-,24+,25?,26+/m1/s1. The van der Waals surface area contributed by atoms with Gasteiger partial charge in [-0.25, -0.2) is 0 Å². The highest BCUT2D eigenvalue weighted by atomic mass is 32.1. The summed E-state index contributed by atoms with van der Waals surface area (Å²) >= 11 is 1.04. The molecule has 1 aliphatic carbocycles. The number of thiophene rings is 1. The molecule has 0 radical (unpaired) electrons. The lowest BCUT2D eigenvalue weighted by Crippen LogP contribution is -2.57. The number of rotatable bonds is 6. The zero-order chi connectivity index (χ0) is 32.4. The first-order valence-electron chi connectivity index (χ1n) is 15.8. The molecule has 4 aliphatic rings. The van der Waals surface area contributed by atoms with Gasteiger partial charge in [0.25, 0.3) is 5.91 Å². The van der Waals surface area contributed by atoms with Crippen LogP contribution >= 0.6 is 18.9 Å². The maximum Gasteiger partial charge on any atom is 0.399 e. The third-order valence-corrected chi connectivity index (χ3v) is 12.4. The fourth-order valence-corrected chi connectivity index (χ4v) is 9.19. The number of benzene rings is 2. The van der Waals surface area contributed by atoms with E-state index in [4.69, 9.17) is 9.79 Å². The van der Waals surface area contributed by atoms with Gasteiger partial charge in [0.05, 0.1) is 4.88 Å². The average molecular weight is 672 g/mol. The van der Waals surface area contributed by atoms with Crippen LogP contribution in [-0.2, 0) is 19.8 Å². The molecule has 1 spiro atoms. The van der Waals surface area contributed by atoms with Crippen molar-refractivity contribution < 1.29 is 37.5 Å². The summed E-state index contributed by atoms with van der Waals surface area (Å²) < 4.78 is 40.5. The molecule has 3 amide bonds. The molecular formula is C33H36F2N3O6PS. The van der Waals surface area contributed by atoms with E-state index < -0.39 is 36.8 Å². The Hall–Kier alpha value is -3.18. The summed E-state index contributed by atoms with van der Waals surface area (Å²) in [6.45, 7) is 0.639. The number of likely N-dealkylation sites (tertiary alicyclic amines) is 1. The van der Waals surface area contributed by atoms with Crippen LogP contribution in [0.1, 0.15) is 84.5 Å². The zero-order valence-corrected chi connectivity index (χ0v) is 26.8. The highest BCUT2D eigenvalue weighted by Crippen LogP contribution is 2.59. The van der Waals surface area contributed by atoms with Gasteiger partial charge in [0.1, 0.15) is 12.1 Å². The van der Waals surface area contributed by atoms with Crippen molar-refractivity contribution in [1.82, 2.24) is 15.1 Å². The molecule has 13 heteroatoms. The molecule has 0 bridgehead atoms. The van der Waals surface area contributed by atoms with E-state index in [0.29, 0.717) is 24.1 Å². The van der Waals surface area contributed by atoms with Gasteiger partial charge in [-0.15, -0.1) is 11.3 Å². The number of nitrogens with zero attached hydrogens (tertiary/aromatic N) is 2. The summed E-state index contributed by atoms with van der Waals surface area (Å²) in [6, 6.07) is 13.4. The normalized spacial score (nSPS) is 26.2. The average Bonchev–Trinajstić information content (AvgIpc) is 3.34. The van der Waals surface area contributed by atoms with Crippen molar-refractivity contribution in [2.45, 2.75) is 93.0 Å². The molecule has 3 aromatic rings. The van der Waals surface area contributed by atoms with Crippen LogP contribution in [0, 0.1) is 0 Å². The maximum atomic E-state index is 14.3. The number of amides is 3. The van der Waals surface area contributed by atoms with Crippen LogP contribution in [0.5, 0.6) is 0 Å². The Balaban J connectivity index is 1.09. The highest BCUT2D eigenvalue weighted by Gasteiger charge is 2.58.